The van der Waals surface area contributed by atoms with Crippen molar-refractivity contribution in [2.45, 2.75) is 20.3 Å². The lowest BCUT2D eigenvalue weighted by Crippen LogP contribution is -2.27. The van der Waals surface area contributed by atoms with Crippen LogP contribution in [0.2, 0.25) is 0 Å². The molecule has 0 unspecified atom stereocenters. The number of hydrogen-bond donors (Lipinski definition) is 0. The molecule has 0 saturated heterocycles. The van der Waals surface area contributed by atoms with Crippen LogP contribution in [0, 0.1) is 0 Å². The van der Waals surface area contributed by atoms with Crippen LogP contribution in [0.1, 0.15) is 20.3 Å². The van der Waals surface area contributed by atoms with Gasteiger partial charge in [-0.25, -0.2) is 4.79 Å². The summed E-state index contributed by atoms with van der Waals surface area (Å²) in [4.78, 5) is 36.2. The monoisotopic (exact) mass is 386 g/mol. The van der Waals surface area contributed by atoms with E-state index in [9.17, 15) is 14.4 Å². The predicted octanol–water partition coefficient (Wildman–Crippen LogP) is 1.54. The quantitative estimate of drug-likeness (QED) is 0.385. The summed E-state index contributed by atoms with van der Waals surface area (Å²) in [6.45, 7) is 3.64. The Morgan fingerprint density at radius 2 is 1.82 bits per heavy atom. The van der Waals surface area contributed by atoms with Crippen LogP contribution in [-0.4, -0.2) is 47.7 Å². The Hall–Kier alpha value is -3.49. The molecule has 2 rings (SSSR count). The number of anilines is 1. The molecule has 0 aliphatic rings. The molecule has 1 heterocycles. The number of benzene rings is 1. The highest BCUT2D eigenvalue weighted by Crippen LogP contribution is 2.11. The normalized spacial score (nSPS) is 11.0. The van der Waals surface area contributed by atoms with Crippen LogP contribution in [0.25, 0.3) is 5.69 Å². The highest BCUT2D eigenvalue weighted by Gasteiger charge is 2.19. The number of rotatable bonds is 8. The van der Waals surface area contributed by atoms with Gasteiger partial charge in [-0.15, -0.1) is 0 Å². The number of nitrogens with zero attached hydrogens (tertiary/aromatic N) is 4. The zero-order valence-electron chi connectivity index (χ0n) is 16.0. The van der Waals surface area contributed by atoms with Crippen molar-refractivity contribution in [3.63, 3.8) is 0 Å². The summed E-state index contributed by atoms with van der Waals surface area (Å²) in [6.07, 6.45) is 1.09. The highest BCUT2D eigenvalue weighted by atomic mass is 16.5. The SMILES string of the molecule is CCOC(=O)C/C(=N\N(C)c1cnn(-c2ccccc2)c(=O)c1)C(=O)OCC. The van der Waals surface area contributed by atoms with Gasteiger partial charge in [-0.05, 0) is 26.0 Å². The van der Waals surface area contributed by atoms with Gasteiger partial charge in [0.15, 0.2) is 5.71 Å². The number of hydrogen-bond acceptors (Lipinski definition) is 8. The van der Waals surface area contributed by atoms with Crippen LogP contribution >= 0.6 is 0 Å². The molecule has 148 valence electrons. The largest absolute Gasteiger partial charge is 0.466 e. The molecule has 0 aliphatic heterocycles. The van der Waals surface area contributed by atoms with Gasteiger partial charge in [0.25, 0.3) is 5.56 Å². The Bertz CT molecular complexity index is 908. The Labute approximate surface area is 162 Å². The standard InChI is InChI=1S/C19H22N4O5/c1-4-27-18(25)12-16(19(26)28-5-2)21-22(3)15-11-17(24)23(20-13-15)14-9-7-6-8-10-14/h6-11,13H,4-5,12H2,1-3H3/b21-16+. The number of hydrazone groups is 1. The van der Waals surface area contributed by atoms with Gasteiger partial charge >= 0.3 is 11.9 Å². The minimum atomic E-state index is -0.729. The molecule has 9 heteroatoms. The molecule has 1 aromatic heterocycles. The number of esters is 2. The molecule has 0 saturated carbocycles. The fourth-order valence-corrected chi connectivity index (χ4v) is 2.29. The first-order chi connectivity index (χ1) is 13.5. The smallest absolute Gasteiger partial charge is 0.355 e. The lowest BCUT2D eigenvalue weighted by molar-refractivity contribution is -0.143. The van der Waals surface area contributed by atoms with Crippen molar-refractivity contribution in [1.82, 2.24) is 9.78 Å². The third kappa shape index (κ3) is 5.50. The Morgan fingerprint density at radius 1 is 1.14 bits per heavy atom. The van der Waals surface area contributed by atoms with E-state index in [2.05, 4.69) is 10.2 Å². The van der Waals surface area contributed by atoms with Gasteiger partial charge in [-0.2, -0.15) is 14.9 Å². The molecule has 0 spiro atoms. The summed E-state index contributed by atoms with van der Waals surface area (Å²) in [7, 11) is 1.54. The first kappa shape index (κ1) is 20.8. The topological polar surface area (TPSA) is 103 Å². The van der Waals surface area contributed by atoms with Crippen LogP contribution in [0.4, 0.5) is 5.69 Å². The van der Waals surface area contributed by atoms with Crippen LogP contribution in [0.5, 0.6) is 0 Å². The van der Waals surface area contributed by atoms with Gasteiger partial charge in [0, 0.05) is 13.1 Å². The van der Waals surface area contributed by atoms with Crippen molar-refractivity contribution in [3.8, 4) is 5.69 Å². The zero-order chi connectivity index (χ0) is 20.5. The van der Waals surface area contributed by atoms with E-state index in [0.29, 0.717) is 11.4 Å². The molecule has 0 bridgehead atoms. The predicted molar refractivity (Wildman–Crippen MR) is 104 cm³/mol. The molecular formula is C19H22N4O5. The van der Waals surface area contributed by atoms with E-state index in [0.717, 1.165) is 0 Å². The first-order valence-electron chi connectivity index (χ1n) is 8.75. The van der Waals surface area contributed by atoms with E-state index in [1.54, 1.807) is 38.1 Å². The molecule has 0 aliphatic carbocycles. The fraction of sp³-hybridized carbons (Fsp3) is 0.316. The van der Waals surface area contributed by atoms with Crippen molar-refractivity contribution >= 4 is 23.3 Å². The molecule has 2 aromatic rings. The zero-order valence-corrected chi connectivity index (χ0v) is 16.0. The average molecular weight is 386 g/mol. The first-order valence-corrected chi connectivity index (χ1v) is 8.75. The number of para-hydroxylation sites is 1. The lowest BCUT2D eigenvalue weighted by Gasteiger charge is -2.15. The Morgan fingerprint density at radius 3 is 2.43 bits per heavy atom. The van der Waals surface area contributed by atoms with E-state index in [-0.39, 0.29) is 30.9 Å². The summed E-state index contributed by atoms with van der Waals surface area (Å²) < 4.78 is 11.0. The van der Waals surface area contributed by atoms with E-state index >= 15 is 0 Å². The van der Waals surface area contributed by atoms with Crippen molar-refractivity contribution < 1.29 is 19.1 Å². The second-order valence-corrected chi connectivity index (χ2v) is 5.57. The van der Waals surface area contributed by atoms with Crippen LogP contribution in [0.15, 0.2) is 52.5 Å². The van der Waals surface area contributed by atoms with Crippen LogP contribution < -0.4 is 10.6 Å². The molecule has 0 N–H and O–H groups in total. The average Bonchev–Trinajstić information content (AvgIpc) is 2.68. The third-order valence-electron chi connectivity index (χ3n) is 3.56. The Balaban J connectivity index is 2.29. The highest BCUT2D eigenvalue weighted by molar-refractivity contribution is 6.39. The number of ether oxygens (including phenoxy) is 2. The van der Waals surface area contributed by atoms with Gasteiger partial charge in [-0.3, -0.25) is 14.6 Å². The molecule has 0 amide bonds. The summed E-state index contributed by atoms with van der Waals surface area (Å²) in [5, 5.41) is 9.54. The maximum Gasteiger partial charge on any atom is 0.355 e. The molecular weight excluding hydrogens is 364 g/mol. The van der Waals surface area contributed by atoms with E-state index < -0.39 is 11.9 Å². The summed E-state index contributed by atoms with van der Waals surface area (Å²) in [6, 6.07) is 10.3. The van der Waals surface area contributed by atoms with Gasteiger partial charge in [0.1, 0.15) is 0 Å². The minimum absolute atomic E-state index is 0.130. The molecule has 0 radical (unpaired) electrons. The molecule has 0 atom stereocenters. The van der Waals surface area contributed by atoms with Gasteiger partial charge in [-0.1, -0.05) is 18.2 Å². The number of aromatic nitrogens is 2. The maximum atomic E-state index is 12.4. The number of carbonyl (C=O) groups excluding carboxylic acids is 2. The van der Waals surface area contributed by atoms with E-state index in [1.165, 1.54) is 29.0 Å². The number of carbonyl (C=O) groups is 2. The molecule has 0 fully saturated rings. The third-order valence-corrected chi connectivity index (χ3v) is 3.56. The summed E-state index contributed by atoms with van der Waals surface area (Å²) in [5.74, 6) is -1.33. The van der Waals surface area contributed by atoms with Crippen LogP contribution in [0.3, 0.4) is 0 Å². The van der Waals surface area contributed by atoms with Crippen molar-refractivity contribution in [2.24, 2.45) is 5.10 Å². The molecule has 28 heavy (non-hydrogen) atoms. The van der Waals surface area contributed by atoms with Gasteiger partial charge < -0.3 is 9.47 Å². The van der Waals surface area contributed by atoms with Gasteiger partial charge in [0.2, 0.25) is 0 Å². The van der Waals surface area contributed by atoms with Crippen molar-refractivity contribution in [3.05, 3.63) is 52.9 Å². The van der Waals surface area contributed by atoms with Crippen molar-refractivity contribution in [2.75, 3.05) is 25.3 Å². The summed E-state index contributed by atoms with van der Waals surface area (Å²) in [5.41, 5.74) is 0.478. The van der Waals surface area contributed by atoms with E-state index in [1.807, 2.05) is 6.07 Å². The molecule has 9 nitrogen and oxygen atoms in total. The summed E-state index contributed by atoms with van der Waals surface area (Å²) >= 11 is 0. The molecule has 1 aromatic carbocycles. The van der Waals surface area contributed by atoms with Gasteiger partial charge in [0.05, 0.1) is 37.2 Å². The van der Waals surface area contributed by atoms with E-state index in [4.69, 9.17) is 9.47 Å². The maximum absolute atomic E-state index is 12.4. The minimum Gasteiger partial charge on any atom is -0.466 e. The van der Waals surface area contributed by atoms with Crippen LogP contribution in [-0.2, 0) is 19.1 Å². The fourth-order valence-electron chi connectivity index (χ4n) is 2.29. The van der Waals surface area contributed by atoms with Crippen molar-refractivity contribution in [1.29, 1.82) is 0 Å². The second kappa shape index (κ2) is 10.0. The second-order valence-electron chi connectivity index (χ2n) is 5.57. The lowest BCUT2D eigenvalue weighted by atomic mass is 10.3. The Kier molecular flexibility index (Phi) is 7.44.